The Bertz CT molecular complexity index is 432. The number of phenols is 2. The summed E-state index contributed by atoms with van der Waals surface area (Å²) < 4.78 is 5.62. The second kappa shape index (κ2) is 5.14. The maximum atomic E-state index is 9.83. The number of aromatic hydroxyl groups is 2. The molecule has 0 saturated carbocycles. The summed E-state index contributed by atoms with van der Waals surface area (Å²) >= 11 is 0. The van der Waals surface area contributed by atoms with Gasteiger partial charge < -0.3 is 25.2 Å². The predicted molar refractivity (Wildman–Crippen MR) is 64.4 cm³/mol. The number of aliphatic hydroxyl groups is 2. The lowest BCUT2D eigenvalue weighted by Crippen LogP contribution is -2.33. The van der Waals surface area contributed by atoms with Crippen LogP contribution in [0.2, 0.25) is 0 Å². The van der Waals surface area contributed by atoms with Gasteiger partial charge in [-0.25, -0.2) is 0 Å². The van der Waals surface area contributed by atoms with Crippen molar-refractivity contribution in [2.75, 3.05) is 6.61 Å². The van der Waals surface area contributed by atoms with E-state index < -0.39 is 18.3 Å². The molecule has 0 amide bonds. The van der Waals surface area contributed by atoms with Crippen LogP contribution in [-0.2, 0) is 4.74 Å². The molecule has 1 saturated heterocycles. The molecule has 18 heavy (non-hydrogen) atoms. The summed E-state index contributed by atoms with van der Waals surface area (Å²) in [6.07, 6.45) is -0.689. The lowest BCUT2D eigenvalue weighted by Gasteiger charge is -2.33. The van der Waals surface area contributed by atoms with Crippen molar-refractivity contribution in [1.82, 2.24) is 0 Å². The number of phenolic OH excluding ortho intramolecular Hbond substituents is 2. The fourth-order valence-corrected chi connectivity index (χ4v) is 2.27. The van der Waals surface area contributed by atoms with Crippen LogP contribution in [0.25, 0.3) is 0 Å². The fourth-order valence-electron chi connectivity index (χ4n) is 2.27. The van der Waals surface area contributed by atoms with Gasteiger partial charge in [-0.2, -0.15) is 0 Å². The predicted octanol–water partition coefficient (Wildman–Crippen LogP) is 0.980. The number of aliphatic hydroxyl groups excluding tert-OH is 2. The van der Waals surface area contributed by atoms with E-state index in [2.05, 4.69) is 0 Å². The Labute approximate surface area is 105 Å². The number of hydrogen-bond donors (Lipinski definition) is 4. The van der Waals surface area contributed by atoms with Crippen LogP contribution in [0.1, 0.15) is 30.1 Å². The molecule has 1 aromatic rings. The third kappa shape index (κ3) is 2.58. The lowest BCUT2D eigenvalue weighted by atomic mass is 9.94. The van der Waals surface area contributed by atoms with Crippen molar-refractivity contribution in [1.29, 1.82) is 0 Å². The average Bonchev–Trinajstić information content (AvgIpc) is 2.33. The summed E-state index contributed by atoms with van der Waals surface area (Å²) in [5.74, 6) is -0.0415. The minimum absolute atomic E-state index is 0.0197. The number of hydrogen-bond acceptors (Lipinski definition) is 5. The zero-order valence-corrected chi connectivity index (χ0v) is 10.2. The molecule has 3 unspecified atom stereocenters. The van der Waals surface area contributed by atoms with Crippen LogP contribution in [0.4, 0.5) is 0 Å². The molecule has 0 bridgehead atoms. The molecule has 0 radical (unpaired) electrons. The van der Waals surface area contributed by atoms with Gasteiger partial charge in [-0.05, 0) is 18.6 Å². The van der Waals surface area contributed by atoms with Crippen molar-refractivity contribution in [3.63, 3.8) is 0 Å². The summed E-state index contributed by atoms with van der Waals surface area (Å²) in [7, 11) is 0. The molecule has 4 N–H and O–H groups in total. The summed E-state index contributed by atoms with van der Waals surface area (Å²) in [5, 5.41) is 38.1. The third-order valence-corrected chi connectivity index (χ3v) is 3.27. The fraction of sp³-hybridized carbons (Fsp3) is 0.538. The summed E-state index contributed by atoms with van der Waals surface area (Å²) in [6.45, 7) is 1.56. The number of ether oxygens (including phenoxy) is 1. The SMILES string of the molecule is Cc1cc(C2CC(O)CC(CO)O2)c(O)cc1O. The Morgan fingerprint density at radius 2 is 1.94 bits per heavy atom. The number of aryl methyl sites for hydroxylation is 1. The van der Waals surface area contributed by atoms with Gasteiger partial charge in [0.1, 0.15) is 11.5 Å². The standard InChI is InChI=1S/C13H18O5/c1-7-2-10(12(17)5-11(7)16)13-4-8(15)3-9(6-14)18-13/h2,5,8-9,13-17H,3-4,6H2,1H3. The Morgan fingerprint density at radius 3 is 2.61 bits per heavy atom. The van der Waals surface area contributed by atoms with Gasteiger partial charge in [-0.15, -0.1) is 0 Å². The zero-order chi connectivity index (χ0) is 13.3. The molecule has 1 aliphatic heterocycles. The van der Waals surface area contributed by atoms with Crippen molar-refractivity contribution < 1.29 is 25.2 Å². The van der Waals surface area contributed by atoms with Gasteiger partial charge in [0.05, 0.1) is 24.9 Å². The Kier molecular flexibility index (Phi) is 3.75. The third-order valence-electron chi connectivity index (χ3n) is 3.27. The van der Waals surface area contributed by atoms with Crippen molar-refractivity contribution in [3.05, 3.63) is 23.3 Å². The smallest absolute Gasteiger partial charge is 0.125 e. The molecule has 1 heterocycles. The molecule has 1 aromatic carbocycles. The van der Waals surface area contributed by atoms with E-state index in [1.165, 1.54) is 6.07 Å². The number of rotatable bonds is 2. The molecular formula is C13H18O5. The molecule has 0 aromatic heterocycles. The molecule has 5 heteroatoms. The second-order valence-electron chi connectivity index (χ2n) is 4.75. The van der Waals surface area contributed by atoms with Crippen molar-refractivity contribution in [3.8, 4) is 11.5 Å². The van der Waals surface area contributed by atoms with E-state index in [0.29, 0.717) is 24.0 Å². The first-order valence-corrected chi connectivity index (χ1v) is 5.98. The highest BCUT2D eigenvalue weighted by molar-refractivity contribution is 5.45. The van der Waals surface area contributed by atoms with E-state index in [9.17, 15) is 15.3 Å². The largest absolute Gasteiger partial charge is 0.508 e. The molecule has 100 valence electrons. The van der Waals surface area contributed by atoms with Gasteiger partial charge in [0.25, 0.3) is 0 Å². The molecular weight excluding hydrogens is 236 g/mol. The van der Waals surface area contributed by atoms with Gasteiger partial charge in [0.15, 0.2) is 0 Å². The van der Waals surface area contributed by atoms with Gasteiger partial charge in [-0.1, -0.05) is 0 Å². The van der Waals surface area contributed by atoms with E-state index in [0.717, 1.165) is 0 Å². The van der Waals surface area contributed by atoms with E-state index in [4.69, 9.17) is 9.84 Å². The van der Waals surface area contributed by atoms with Crippen LogP contribution in [-0.4, -0.2) is 39.2 Å². The minimum atomic E-state index is -0.561. The summed E-state index contributed by atoms with van der Waals surface area (Å²) in [6, 6.07) is 2.91. The van der Waals surface area contributed by atoms with Gasteiger partial charge in [0, 0.05) is 24.5 Å². The Morgan fingerprint density at radius 1 is 1.22 bits per heavy atom. The van der Waals surface area contributed by atoms with E-state index in [-0.39, 0.29) is 18.1 Å². The van der Waals surface area contributed by atoms with Gasteiger partial charge >= 0.3 is 0 Å². The van der Waals surface area contributed by atoms with Crippen LogP contribution in [0.15, 0.2) is 12.1 Å². The summed E-state index contributed by atoms with van der Waals surface area (Å²) in [5.41, 5.74) is 1.16. The first-order chi connectivity index (χ1) is 8.51. The molecule has 5 nitrogen and oxygen atoms in total. The molecule has 2 rings (SSSR count). The van der Waals surface area contributed by atoms with Crippen LogP contribution in [0, 0.1) is 6.92 Å². The van der Waals surface area contributed by atoms with Crippen molar-refractivity contribution in [2.24, 2.45) is 0 Å². The lowest BCUT2D eigenvalue weighted by molar-refractivity contribution is -0.114. The van der Waals surface area contributed by atoms with Crippen LogP contribution < -0.4 is 0 Å². The molecule has 0 spiro atoms. The van der Waals surface area contributed by atoms with E-state index in [1.807, 2.05) is 0 Å². The van der Waals surface area contributed by atoms with E-state index >= 15 is 0 Å². The quantitative estimate of drug-likeness (QED) is 0.631. The zero-order valence-electron chi connectivity index (χ0n) is 10.2. The van der Waals surface area contributed by atoms with Gasteiger partial charge in [0.2, 0.25) is 0 Å². The molecule has 1 fully saturated rings. The maximum Gasteiger partial charge on any atom is 0.125 e. The summed E-state index contributed by atoms with van der Waals surface area (Å²) in [4.78, 5) is 0. The maximum absolute atomic E-state index is 9.83. The molecule has 1 aliphatic rings. The van der Waals surface area contributed by atoms with Crippen LogP contribution in [0.5, 0.6) is 11.5 Å². The van der Waals surface area contributed by atoms with E-state index in [1.54, 1.807) is 13.0 Å². The highest BCUT2D eigenvalue weighted by atomic mass is 16.5. The highest BCUT2D eigenvalue weighted by Crippen LogP contribution is 2.38. The van der Waals surface area contributed by atoms with Gasteiger partial charge in [-0.3, -0.25) is 0 Å². The second-order valence-corrected chi connectivity index (χ2v) is 4.75. The minimum Gasteiger partial charge on any atom is -0.508 e. The molecule has 0 aliphatic carbocycles. The van der Waals surface area contributed by atoms with Crippen molar-refractivity contribution >= 4 is 0 Å². The Balaban J connectivity index is 2.27. The van der Waals surface area contributed by atoms with Crippen LogP contribution in [0.3, 0.4) is 0 Å². The van der Waals surface area contributed by atoms with Crippen LogP contribution >= 0.6 is 0 Å². The Hall–Kier alpha value is -1.30. The molecule has 3 atom stereocenters. The topological polar surface area (TPSA) is 90.2 Å². The normalized spacial score (nSPS) is 28.3. The first-order valence-electron chi connectivity index (χ1n) is 5.98. The average molecular weight is 254 g/mol. The van der Waals surface area contributed by atoms with Crippen molar-refractivity contribution in [2.45, 2.75) is 38.1 Å². The number of benzene rings is 1. The monoisotopic (exact) mass is 254 g/mol. The first kappa shape index (κ1) is 13.1. The highest BCUT2D eigenvalue weighted by Gasteiger charge is 2.30.